The summed E-state index contributed by atoms with van der Waals surface area (Å²) in [7, 11) is -3.44. The van der Waals surface area contributed by atoms with Gasteiger partial charge in [-0.2, -0.15) is 0 Å². The molecule has 7 heteroatoms. The summed E-state index contributed by atoms with van der Waals surface area (Å²) in [5, 5.41) is 8.49. The second-order valence-corrected chi connectivity index (χ2v) is 6.57. The molecule has 1 N–H and O–H groups in total. The molecule has 0 fully saturated rings. The van der Waals surface area contributed by atoms with Crippen molar-refractivity contribution in [3.63, 3.8) is 0 Å². The van der Waals surface area contributed by atoms with E-state index < -0.39 is 15.8 Å². The fourth-order valence-electron chi connectivity index (χ4n) is 1.97. The number of carboxylic acid groups (broad SMARTS) is 1. The van der Waals surface area contributed by atoms with Crippen molar-refractivity contribution in [2.75, 3.05) is 12.4 Å². The Morgan fingerprint density at radius 3 is 2.80 bits per heavy atom. The number of aliphatic carboxylic acids is 1. The van der Waals surface area contributed by atoms with E-state index in [1.165, 1.54) is 18.2 Å². The lowest BCUT2D eigenvalue weighted by Gasteiger charge is -2.16. The average Bonchev–Trinajstić information content (AvgIpc) is 2.39. The highest BCUT2D eigenvalue weighted by atomic mass is 32.2. The van der Waals surface area contributed by atoms with Crippen molar-refractivity contribution >= 4 is 21.6 Å². The third-order valence-electron chi connectivity index (χ3n) is 2.99. The molecule has 0 atom stereocenters. The number of hydrogen-bond acceptors (Lipinski definition) is 5. The van der Waals surface area contributed by atoms with Crippen molar-refractivity contribution in [3.05, 3.63) is 23.8 Å². The summed E-state index contributed by atoms with van der Waals surface area (Å²) >= 11 is 0. The summed E-state index contributed by atoms with van der Waals surface area (Å²) in [5.74, 6) is -0.951. The van der Waals surface area contributed by atoms with Crippen LogP contribution >= 0.6 is 0 Å². The number of rotatable bonds is 5. The summed E-state index contributed by atoms with van der Waals surface area (Å²) < 4.78 is 29.1. The van der Waals surface area contributed by atoms with E-state index in [9.17, 15) is 18.0 Å². The summed E-state index contributed by atoms with van der Waals surface area (Å²) in [6.45, 7) is 0.180. The van der Waals surface area contributed by atoms with Gasteiger partial charge >= 0.3 is 5.97 Å². The Hall–Kier alpha value is -1.89. The lowest BCUT2D eigenvalue weighted by molar-refractivity contribution is -0.137. The van der Waals surface area contributed by atoms with Crippen LogP contribution in [0.4, 0.5) is 0 Å². The highest BCUT2D eigenvalue weighted by molar-refractivity contribution is 7.91. The fourth-order valence-corrected chi connectivity index (χ4v) is 3.45. The molecule has 0 aliphatic carbocycles. The Bertz CT molecular complexity index is 647. The average molecular weight is 298 g/mol. The van der Waals surface area contributed by atoms with Gasteiger partial charge in [0, 0.05) is 18.4 Å². The Balaban J connectivity index is 2.14. The molecule has 1 heterocycles. The first kappa shape index (κ1) is 14.5. The van der Waals surface area contributed by atoms with Gasteiger partial charge in [0.2, 0.25) is 0 Å². The van der Waals surface area contributed by atoms with E-state index in [-0.39, 0.29) is 41.4 Å². The Morgan fingerprint density at radius 2 is 2.10 bits per heavy atom. The first-order valence-electron chi connectivity index (χ1n) is 6.15. The topological polar surface area (TPSA) is 97.7 Å². The van der Waals surface area contributed by atoms with E-state index in [1.807, 2.05) is 0 Å². The van der Waals surface area contributed by atoms with E-state index in [0.29, 0.717) is 12.2 Å². The quantitative estimate of drug-likeness (QED) is 0.823. The number of ketones is 1. The molecule has 2 rings (SSSR count). The van der Waals surface area contributed by atoms with Gasteiger partial charge in [-0.1, -0.05) is 0 Å². The maximum atomic E-state index is 11.9. The van der Waals surface area contributed by atoms with Crippen molar-refractivity contribution in [2.24, 2.45) is 0 Å². The van der Waals surface area contributed by atoms with E-state index in [1.54, 1.807) is 0 Å². The zero-order chi connectivity index (χ0) is 14.8. The molecule has 0 bridgehead atoms. The number of carbonyl (C=O) groups is 2. The summed E-state index contributed by atoms with van der Waals surface area (Å²) in [4.78, 5) is 22.0. The first-order chi connectivity index (χ1) is 9.40. The summed E-state index contributed by atoms with van der Waals surface area (Å²) in [6.07, 6.45) is 0.327. The number of Topliss-reactive ketones (excluding diaryl/α,β-unsaturated/α-hetero) is 1. The monoisotopic (exact) mass is 298 g/mol. The minimum absolute atomic E-state index is 0.00415. The van der Waals surface area contributed by atoms with Crippen LogP contribution in [0.3, 0.4) is 0 Å². The molecule has 0 amide bonds. The largest absolute Gasteiger partial charge is 0.494 e. The van der Waals surface area contributed by atoms with Crippen LogP contribution in [0.1, 0.15) is 29.6 Å². The highest BCUT2D eigenvalue weighted by Crippen LogP contribution is 2.28. The third-order valence-corrected chi connectivity index (χ3v) is 4.74. The molecule has 0 saturated heterocycles. The zero-order valence-electron chi connectivity index (χ0n) is 10.7. The van der Waals surface area contributed by atoms with E-state index >= 15 is 0 Å². The molecule has 1 aromatic carbocycles. The van der Waals surface area contributed by atoms with Gasteiger partial charge < -0.3 is 9.84 Å². The number of carboxylic acids is 1. The number of sulfone groups is 1. The van der Waals surface area contributed by atoms with Crippen molar-refractivity contribution in [3.8, 4) is 5.75 Å². The van der Waals surface area contributed by atoms with Gasteiger partial charge in [-0.25, -0.2) is 8.42 Å². The Morgan fingerprint density at radius 1 is 1.35 bits per heavy atom. The molecule has 0 radical (unpaired) electrons. The van der Waals surface area contributed by atoms with Crippen LogP contribution < -0.4 is 4.74 Å². The number of hydrogen-bond donors (Lipinski definition) is 1. The van der Waals surface area contributed by atoms with Crippen molar-refractivity contribution in [2.45, 2.75) is 24.2 Å². The predicted octanol–water partition coefficient (Wildman–Crippen LogP) is 1.29. The molecule has 0 spiro atoms. The Kier molecular flexibility index (Phi) is 4.08. The second-order valence-electron chi connectivity index (χ2n) is 4.50. The molecular weight excluding hydrogens is 284 g/mol. The normalized spacial score (nSPS) is 16.5. The van der Waals surface area contributed by atoms with Crippen LogP contribution in [0, 0.1) is 0 Å². The number of benzene rings is 1. The second kappa shape index (κ2) is 5.62. The first-order valence-corrected chi connectivity index (χ1v) is 7.80. The lowest BCUT2D eigenvalue weighted by atomic mass is 10.1. The minimum atomic E-state index is -3.44. The van der Waals surface area contributed by atoms with Gasteiger partial charge in [-0.05, 0) is 24.6 Å². The highest BCUT2D eigenvalue weighted by Gasteiger charge is 2.29. The van der Waals surface area contributed by atoms with Gasteiger partial charge in [0.05, 0.1) is 17.3 Å². The van der Waals surface area contributed by atoms with E-state index in [2.05, 4.69) is 0 Å². The maximum absolute atomic E-state index is 11.9. The van der Waals surface area contributed by atoms with Crippen LogP contribution in [-0.2, 0) is 14.6 Å². The van der Waals surface area contributed by atoms with Crippen LogP contribution in [-0.4, -0.2) is 37.6 Å². The molecule has 1 aliphatic heterocycles. The van der Waals surface area contributed by atoms with E-state index in [4.69, 9.17) is 9.84 Å². The van der Waals surface area contributed by atoms with Crippen LogP contribution in [0.5, 0.6) is 5.75 Å². The molecule has 1 aliphatic rings. The molecule has 0 unspecified atom stereocenters. The molecule has 0 aromatic heterocycles. The third kappa shape index (κ3) is 3.16. The molecule has 6 nitrogen and oxygen atoms in total. The molecular formula is C13H14O6S. The van der Waals surface area contributed by atoms with Crippen molar-refractivity contribution < 1.29 is 27.9 Å². The van der Waals surface area contributed by atoms with Crippen LogP contribution in [0.15, 0.2) is 23.1 Å². The maximum Gasteiger partial charge on any atom is 0.303 e. The van der Waals surface area contributed by atoms with Gasteiger partial charge in [-0.15, -0.1) is 0 Å². The fraction of sp³-hybridized carbons (Fsp3) is 0.385. The predicted molar refractivity (Wildman–Crippen MR) is 69.8 cm³/mol. The molecule has 20 heavy (non-hydrogen) atoms. The van der Waals surface area contributed by atoms with E-state index in [0.717, 1.165) is 0 Å². The van der Waals surface area contributed by atoms with Crippen molar-refractivity contribution in [1.82, 2.24) is 0 Å². The lowest BCUT2D eigenvalue weighted by Crippen LogP contribution is -2.21. The van der Waals surface area contributed by atoms with Crippen LogP contribution in [0.25, 0.3) is 0 Å². The standard InChI is InChI=1S/C13H14O6S/c14-11-5-7-20(17,18)12-8-9(3-4-10(11)12)19-6-1-2-13(15)16/h3-4,8H,1-2,5-7H2,(H,15,16). The summed E-state index contributed by atoms with van der Waals surface area (Å²) in [6, 6.07) is 4.31. The minimum Gasteiger partial charge on any atom is -0.494 e. The van der Waals surface area contributed by atoms with Gasteiger partial charge in [-0.3, -0.25) is 9.59 Å². The van der Waals surface area contributed by atoms with Crippen LogP contribution in [0.2, 0.25) is 0 Å². The molecule has 0 saturated carbocycles. The number of carbonyl (C=O) groups excluding carboxylic acids is 1. The smallest absolute Gasteiger partial charge is 0.303 e. The van der Waals surface area contributed by atoms with Gasteiger partial charge in [0.1, 0.15) is 5.75 Å². The number of ether oxygens (including phenoxy) is 1. The van der Waals surface area contributed by atoms with Gasteiger partial charge in [0.25, 0.3) is 0 Å². The zero-order valence-corrected chi connectivity index (χ0v) is 11.5. The Labute approximate surface area is 116 Å². The number of fused-ring (bicyclic) bond motifs is 1. The van der Waals surface area contributed by atoms with Gasteiger partial charge in [0.15, 0.2) is 15.6 Å². The molecule has 1 aromatic rings. The SMILES string of the molecule is O=C(O)CCCOc1ccc2c(c1)S(=O)(=O)CCC2=O. The molecule has 108 valence electrons. The summed E-state index contributed by atoms with van der Waals surface area (Å²) in [5.41, 5.74) is 0.203. The van der Waals surface area contributed by atoms with Crippen molar-refractivity contribution in [1.29, 1.82) is 0 Å².